The van der Waals surface area contributed by atoms with Gasteiger partial charge >= 0.3 is 0 Å². The normalized spacial score (nSPS) is 28.2. The van der Waals surface area contributed by atoms with Crippen LogP contribution in [0, 0.1) is 23.7 Å². The van der Waals surface area contributed by atoms with Crippen LogP contribution in [-0.2, 0) is 16.0 Å². The third-order valence-electron chi connectivity index (χ3n) is 6.91. The minimum atomic E-state index is -2.67. The second kappa shape index (κ2) is 7.99. The molecule has 0 heterocycles. The number of likely N-dealkylation sites (N-methyl/N-ethyl adjacent to an activating group) is 1. The Morgan fingerprint density at radius 3 is 2.50 bits per heavy atom. The van der Waals surface area contributed by atoms with Crippen molar-refractivity contribution in [2.75, 3.05) is 20.7 Å². The van der Waals surface area contributed by atoms with Gasteiger partial charge in [-0.2, -0.15) is 0 Å². The number of allylic oxidation sites excluding steroid dienone is 1. The molecule has 4 rings (SSSR count). The van der Waals surface area contributed by atoms with Crippen molar-refractivity contribution in [2.24, 2.45) is 17.6 Å². The predicted octanol–water partition coefficient (Wildman–Crippen LogP) is -0.536. The van der Waals surface area contributed by atoms with Crippen LogP contribution in [0.25, 0.3) is 0 Å². The van der Waals surface area contributed by atoms with Crippen molar-refractivity contribution in [2.45, 2.75) is 24.5 Å². The highest BCUT2D eigenvalue weighted by Crippen LogP contribution is 2.52. The maximum Gasteiger partial charge on any atom is 0.255 e. The van der Waals surface area contributed by atoms with E-state index in [1.165, 1.54) is 17.0 Å². The number of carbonyl (C=O) groups is 3. The van der Waals surface area contributed by atoms with Crippen LogP contribution in [-0.4, -0.2) is 80.3 Å². The Morgan fingerprint density at radius 2 is 1.91 bits per heavy atom. The molecule has 0 radical (unpaired) electrons. The summed E-state index contributed by atoms with van der Waals surface area (Å²) < 4.78 is 0. The lowest BCUT2D eigenvalue weighted by Gasteiger charge is -2.50. The number of Topliss-reactive ketones (excluding diaryl/α,β-unsaturated/α-hetero) is 2. The van der Waals surface area contributed by atoms with Gasteiger partial charge in [-0.15, -0.1) is 0 Å². The molecule has 10 heteroatoms. The Hall–Kier alpha value is -3.65. The number of hydrogen-bond acceptors (Lipinski definition) is 9. The molecule has 0 aromatic heterocycles. The molecule has 34 heavy (non-hydrogen) atoms. The van der Waals surface area contributed by atoms with Crippen molar-refractivity contribution in [1.29, 1.82) is 0 Å². The second-order valence-electron chi connectivity index (χ2n) is 8.91. The van der Waals surface area contributed by atoms with Gasteiger partial charge in [0, 0.05) is 17.1 Å². The topological polar surface area (TPSA) is 182 Å². The Morgan fingerprint density at radius 1 is 1.24 bits per heavy atom. The highest BCUT2D eigenvalue weighted by Gasteiger charge is 2.63. The first-order chi connectivity index (χ1) is 16.0. The molecule has 7 N–H and O–H groups in total. The van der Waals surface area contributed by atoms with Crippen LogP contribution in [0.4, 0.5) is 0 Å². The molecule has 1 amide bonds. The fourth-order valence-corrected chi connectivity index (χ4v) is 5.50. The van der Waals surface area contributed by atoms with Gasteiger partial charge in [0.15, 0.2) is 11.4 Å². The highest BCUT2D eigenvalue weighted by atomic mass is 16.3. The number of aliphatic hydroxyl groups excluding tert-OH is 3. The minimum Gasteiger partial charge on any atom is -0.510 e. The van der Waals surface area contributed by atoms with E-state index in [-0.39, 0.29) is 29.7 Å². The monoisotopic (exact) mass is 468 g/mol. The highest BCUT2D eigenvalue weighted by molar-refractivity contribution is 6.24. The number of phenolic OH excluding ortho intramolecular Hbond substituents is 1. The summed E-state index contributed by atoms with van der Waals surface area (Å²) in [5.74, 6) is -1.76. The molecular weight excluding hydrogens is 444 g/mol. The minimum absolute atomic E-state index is 0.00567. The number of rotatable bonds is 2. The molecule has 0 aliphatic heterocycles. The van der Waals surface area contributed by atoms with Crippen LogP contribution in [0.5, 0.6) is 5.75 Å². The van der Waals surface area contributed by atoms with Crippen molar-refractivity contribution in [1.82, 2.24) is 4.90 Å². The van der Waals surface area contributed by atoms with E-state index in [9.17, 15) is 34.8 Å². The van der Waals surface area contributed by atoms with Crippen LogP contribution < -0.4 is 5.73 Å². The van der Waals surface area contributed by atoms with E-state index in [1.807, 2.05) is 0 Å². The smallest absolute Gasteiger partial charge is 0.255 e. The van der Waals surface area contributed by atoms with Gasteiger partial charge in [0.05, 0.1) is 11.6 Å². The molecule has 3 aliphatic rings. The molecular formula is C24H24N2O8. The summed E-state index contributed by atoms with van der Waals surface area (Å²) >= 11 is 0. The predicted molar refractivity (Wildman–Crippen MR) is 118 cm³/mol. The van der Waals surface area contributed by atoms with Crippen LogP contribution in [0.3, 0.4) is 0 Å². The molecule has 0 fully saturated rings. The first kappa shape index (κ1) is 23.5. The first-order valence-corrected chi connectivity index (χ1v) is 10.6. The SMILES string of the molecule is CN(C)[C@H]1C(O)=C(C(N)=O)C(=O)[C@]2(O)C(O)=C3C(=O)c4c(O)ccc(C#CCO)c4C[C@@H]3C[C@H]12. The average molecular weight is 468 g/mol. The Bertz CT molecular complexity index is 1270. The Balaban J connectivity index is 1.96. The van der Waals surface area contributed by atoms with E-state index in [0.29, 0.717) is 11.1 Å². The number of hydrogen-bond donors (Lipinski definition) is 6. The molecule has 0 saturated heterocycles. The zero-order chi connectivity index (χ0) is 25.1. The van der Waals surface area contributed by atoms with Gasteiger partial charge in [0.2, 0.25) is 5.78 Å². The molecule has 3 aliphatic carbocycles. The van der Waals surface area contributed by atoms with E-state index in [1.54, 1.807) is 14.1 Å². The van der Waals surface area contributed by atoms with Gasteiger partial charge < -0.3 is 31.3 Å². The van der Waals surface area contributed by atoms with Crippen molar-refractivity contribution >= 4 is 17.5 Å². The summed E-state index contributed by atoms with van der Waals surface area (Å²) in [6.45, 7) is -0.408. The van der Waals surface area contributed by atoms with Crippen molar-refractivity contribution in [3.05, 3.63) is 51.5 Å². The quantitative estimate of drug-likeness (QED) is 0.245. The molecule has 1 aromatic carbocycles. The maximum atomic E-state index is 13.5. The summed E-state index contributed by atoms with van der Waals surface area (Å²) in [6, 6.07) is 1.72. The van der Waals surface area contributed by atoms with Gasteiger partial charge in [0.25, 0.3) is 5.91 Å². The number of primary amides is 1. The summed E-state index contributed by atoms with van der Waals surface area (Å²) in [7, 11) is 3.13. The van der Waals surface area contributed by atoms with Gasteiger partial charge in [-0.25, -0.2) is 0 Å². The Kier molecular flexibility index (Phi) is 5.52. The first-order valence-electron chi connectivity index (χ1n) is 10.6. The lowest BCUT2D eigenvalue weighted by Crippen LogP contribution is -2.63. The van der Waals surface area contributed by atoms with E-state index in [0.717, 1.165) is 0 Å². The van der Waals surface area contributed by atoms with Crippen LogP contribution in [0.15, 0.2) is 34.8 Å². The molecule has 10 nitrogen and oxygen atoms in total. The molecule has 1 aromatic rings. The number of phenols is 1. The largest absolute Gasteiger partial charge is 0.510 e. The van der Waals surface area contributed by atoms with E-state index in [2.05, 4.69) is 11.8 Å². The average Bonchev–Trinajstić information content (AvgIpc) is 2.75. The summed E-state index contributed by atoms with van der Waals surface area (Å²) in [6.07, 6.45) is 0.132. The number of amides is 1. The van der Waals surface area contributed by atoms with Crippen molar-refractivity contribution in [3.63, 3.8) is 0 Å². The number of aliphatic hydroxyl groups is 4. The fraction of sp³-hybridized carbons (Fsp3) is 0.375. The lowest BCUT2D eigenvalue weighted by molar-refractivity contribution is -0.148. The Labute approximate surface area is 194 Å². The number of nitrogens with two attached hydrogens (primary N) is 1. The lowest BCUT2D eigenvalue weighted by atomic mass is 9.58. The van der Waals surface area contributed by atoms with Crippen LogP contribution in [0.2, 0.25) is 0 Å². The number of aromatic hydroxyl groups is 1. The van der Waals surface area contributed by atoms with Gasteiger partial charge in [0.1, 0.15) is 29.4 Å². The molecule has 0 unspecified atom stereocenters. The number of carbonyl (C=O) groups excluding carboxylic acids is 3. The van der Waals surface area contributed by atoms with Crippen molar-refractivity contribution in [3.8, 4) is 17.6 Å². The summed E-state index contributed by atoms with van der Waals surface area (Å²) in [5.41, 5.74) is 2.26. The van der Waals surface area contributed by atoms with E-state index in [4.69, 9.17) is 10.8 Å². The third-order valence-corrected chi connectivity index (χ3v) is 6.91. The van der Waals surface area contributed by atoms with Gasteiger partial charge in [-0.3, -0.25) is 19.3 Å². The van der Waals surface area contributed by atoms with Gasteiger partial charge in [-0.1, -0.05) is 11.8 Å². The molecule has 4 atom stereocenters. The van der Waals surface area contributed by atoms with Crippen LogP contribution in [0.1, 0.15) is 27.9 Å². The van der Waals surface area contributed by atoms with E-state index >= 15 is 0 Å². The van der Waals surface area contributed by atoms with Gasteiger partial charge in [-0.05, 0) is 50.6 Å². The zero-order valence-corrected chi connectivity index (χ0v) is 18.5. The second-order valence-corrected chi connectivity index (χ2v) is 8.91. The molecule has 0 saturated carbocycles. The van der Waals surface area contributed by atoms with E-state index < -0.39 is 64.7 Å². The zero-order valence-electron chi connectivity index (χ0n) is 18.5. The summed E-state index contributed by atoms with van der Waals surface area (Å²) in [4.78, 5) is 40.1. The van der Waals surface area contributed by atoms with Crippen LogP contribution >= 0.6 is 0 Å². The number of benzene rings is 1. The standard InChI is InChI=1S/C24H24N2O8/c1-26(2)18-13-9-11-8-12-10(4-3-7-27)5-6-14(28)16(12)19(29)15(11)21(31)24(13,34)22(32)17(20(18)30)23(25)33/h5-6,11,13,18,27-28,30-31,34H,7-9H2,1-2H3,(H2,25,33)/t11-,13-,18-,24-/m1/s1. The fourth-order valence-electron chi connectivity index (χ4n) is 5.50. The third kappa shape index (κ3) is 3.05. The number of nitrogens with zero attached hydrogens (tertiary/aromatic N) is 1. The molecule has 0 spiro atoms. The summed E-state index contributed by atoms with van der Waals surface area (Å²) in [5, 5.41) is 52.9. The number of fused-ring (bicyclic) bond motifs is 3. The number of ketones is 2. The molecule has 0 bridgehead atoms. The van der Waals surface area contributed by atoms with Crippen molar-refractivity contribution < 1.29 is 39.9 Å². The molecule has 178 valence electrons. The maximum absolute atomic E-state index is 13.5.